The van der Waals surface area contributed by atoms with Crippen LogP contribution in [0.25, 0.3) is 0 Å². The molecule has 13 heavy (non-hydrogen) atoms. The molecular weight excluding hydrogens is 192 g/mol. The van der Waals surface area contributed by atoms with Crippen LogP contribution in [0.3, 0.4) is 0 Å². The fraction of sp³-hybridized carbons (Fsp3) is 0.222. The number of methoxy groups -OCH3 is 1. The second kappa shape index (κ2) is 4.08. The molecule has 0 aliphatic heterocycles. The third kappa shape index (κ3) is 2.08. The summed E-state index contributed by atoms with van der Waals surface area (Å²) in [5.74, 6) is 1.23. The average Bonchev–Trinajstić information content (AvgIpc) is 2.16. The third-order valence-electron chi connectivity index (χ3n) is 1.63. The Morgan fingerprint density at radius 2 is 2.31 bits per heavy atom. The topological polar surface area (TPSA) is 43.4 Å². The van der Waals surface area contributed by atoms with Gasteiger partial charge in [-0.2, -0.15) is 0 Å². The quantitative estimate of drug-likeness (QED) is 0.472. The first-order valence-electron chi connectivity index (χ1n) is 3.58. The van der Waals surface area contributed by atoms with Gasteiger partial charge >= 0.3 is 5.97 Å². The first-order chi connectivity index (χ1) is 6.19. The number of carbonyl (C=O) groups excluding carboxylic acids is 2. The summed E-state index contributed by atoms with van der Waals surface area (Å²) in [6, 6.07) is 0. The summed E-state index contributed by atoms with van der Waals surface area (Å²) in [6.07, 6.45) is 3.20. The van der Waals surface area contributed by atoms with Crippen molar-refractivity contribution in [2.45, 2.75) is 6.42 Å². The molecule has 1 aliphatic rings. The standard InChI is InChI=1S/C9H7ClO3/c1-13-9(12)7-3-2-6(5-11)4-8(7)10/h2-3H,4H2,1H3. The van der Waals surface area contributed by atoms with Gasteiger partial charge in [0.2, 0.25) is 0 Å². The van der Waals surface area contributed by atoms with E-state index in [-0.39, 0.29) is 6.42 Å². The van der Waals surface area contributed by atoms with Gasteiger partial charge in [0.15, 0.2) is 0 Å². The highest BCUT2D eigenvalue weighted by Gasteiger charge is 2.16. The lowest BCUT2D eigenvalue weighted by atomic mass is 10.0. The number of carbonyl (C=O) groups is 1. The zero-order valence-corrected chi connectivity index (χ0v) is 7.72. The van der Waals surface area contributed by atoms with Crippen molar-refractivity contribution >= 4 is 23.5 Å². The molecule has 3 nitrogen and oxygen atoms in total. The van der Waals surface area contributed by atoms with E-state index in [0.717, 1.165) is 0 Å². The Morgan fingerprint density at radius 1 is 1.62 bits per heavy atom. The molecule has 0 bridgehead atoms. The summed E-state index contributed by atoms with van der Waals surface area (Å²) in [5.41, 5.74) is 0.723. The third-order valence-corrected chi connectivity index (χ3v) is 1.96. The van der Waals surface area contributed by atoms with Crippen molar-refractivity contribution in [2.24, 2.45) is 0 Å². The van der Waals surface area contributed by atoms with Crippen molar-refractivity contribution < 1.29 is 14.3 Å². The minimum atomic E-state index is -0.494. The number of rotatable bonds is 1. The normalized spacial score (nSPS) is 15.7. The summed E-state index contributed by atoms with van der Waals surface area (Å²) in [7, 11) is 1.28. The summed E-state index contributed by atoms with van der Waals surface area (Å²) in [4.78, 5) is 21.3. The number of ether oxygens (including phenoxy) is 1. The summed E-state index contributed by atoms with van der Waals surface area (Å²) < 4.78 is 4.49. The molecule has 0 spiro atoms. The van der Waals surface area contributed by atoms with E-state index in [4.69, 9.17) is 11.6 Å². The van der Waals surface area contributed by atoms with E-state index in [1.165, 1.54) is 19.3 Å². The Hall–Kier alpha value is -1.31. The monoisotopic (exact) mass is 198 g/mol. The van der Waals surface area contributed by atoms with Crippen LogP contribution in [0.4, 0.5) is 0 Å². The van der Waals surface area contributed by atoms with Gasteiger partial charge in [0.25, 0.3) is 0 Å². The first kappa shape index (κ1) is 9.78. The van der Waals surface area contributed by atoms with E-state index >= 15 is 0 Å². The molecule has 0 unspecified atom stereocenters. The number of halogens is 1. The average molecular weight is 199 g/mol. The van der Waals surface area contributed by atoms with Crippen LogP contribution in [0, 0.1) is 0 Å². The molecule has 0 saturated heterocycles. The van der Waals surface area contributed by atoms with E-state index in [2.05, 4.69) is 4.74 Å². The molecule has 0 aromatic heterocycles. The molecule has 0 saturated carbocycles. The lowest BCUT2D eigenvalue weighted by molar-refractivity contribution is -0.135. The number of allylic oxidation sites excluding steroid dienone is 3. The van der Waals surface area contributed by atoms with Crippen molar-refractivity contribution in [1.82, 2.24) is 0 Å². The van der Waals surface area contributed by atoms with Crippen LogP contribution in [0.15, 0.2) is 28.3 Å². The van der Waals surface area contributed by atoms with Gasteiger partial charge in [0, 0.05) is 17.0 Å². The predicted molar refractivity (Wildman–Crippen MR) is 47.9 cm³/mol. The Bertz CT molecular complexity index is 346. The second-order valence-corrected chi connectivity index (χ2v) is 2.90. The molecule has 0 N–H and O–H groups in total. The molecule has 0 fully saturated rings. The van der Waals surface area contributed by atoms with Crippen LogP contribution in [-0.4, -0.2) is 19.0 Å². The van der Waals surface area contributed by atoms with Crippen LogP contribution < -0.4 is 0 Å². The highest BCUT2D eigenvalue weighted by molar-refractivity contribution is 6.32. The minimum Gasteiger partial charge on any atom is -0.465 e. The lowest BCUT2D eigenvalue weighted by Gasteiger charge is -2.08. The molecule has 1 rings (SSSR count). The Labute approximate surface area is 80.3 Å². The van der Waals surface area contributed by atoms with Gasteiger partial charge in [-0.3, -0.25) is 0 Å². The Kier molecular flexibility index (Phi) is 3.07. The molecule has 0 heterocycles. The molecule has 0 aromatic carbocycles. The van der Waals surface area contributed by atoms with E-state index in [9.17, 15) is 9.59 Å². The zero-order valence-electron chi connectivity index (χ0n) is 6.96. The van der Waals surface area contributed by atoms with Crippen LogP contribution in [0.1, 0.15) is 6.42 Å². The van der Waals surface area contributed by atoms with Crippen LogP contribution in [0.2, 0.25) is 0 Å². The molecule has 0 atom stereocenters. The van der Waals surface area contributed by atoms with Crippen molar-refractivity contribution in [3.8, 4) is 0 Å². The minimum absolute atomic E-state index is 0.242. The second-order valence-electron chi connectivity index (χ2n) is 2.45. The fourth-order valence-corrected chi connectivity index (χ4v) is 1.24. The lowest BCUT2D eigenvalue weighted by Crippen LogP contribution is -2.07. The molecule has 0 amide bonds. The maximum absolute atomic E-state index is 11.0. The molecule has 0 radical (unpaired) electrons. The van der Waals surface area contributed by atoms with Gasteiger partial charge in [0.1, 0.15) is 5.94 Å². The smallest absolute Gasteiger partial charge is 0.339 e. The molecule has 1 aliphatic carbocycles. The largest absolute Gasteiger partial charge is 0.465 e. The number of esters is 1. The van der Waals surface area contributed by atoms with Crippen LogP contribution in [-0.2, 0) is 14.3 Å². The molecule has 4 heteroatoms. The van der Waals surface area contributed by atoms with Gasteiger partial charge in [-0.15, -0.1) is 0 Å². The zero-order chi connectivity index (χ0) is 9.84. The fourth-order valence-electron chi connectivity index (χ4n) is 0.955. The molecular formula is C9H7ClO3. The first-order valence-corrected chi connectivity index (χ1v) is 3.96. The SMILES string of the molecule is COC(=O)C1=C(Cl)CC(=C=O)C=C1. The number of hydrogen-bond donors (Lipinski definition) is 0. The highest BCUT2D eigenvalue weighted by Crippen LogP contribution is 2.25. The maximum Gasteiger partial charge on any atom is 0.339 e. The van der Waals surface area contributed by atoms with Gasteiger partial charge in [-0.25, -0.2) is 9.59 Å². The van der Waals surface area contributed by atoms with Crippen molar-refractivity contribution in [1.29, 1.82) is 0 Å². The predicted octanol–water partition coefficient (Wildman–Crippen LogP) is 1.37. The van der Waals surface area contributed by atoms with Gasteiger partial charge < -0.3 is 4.74 Å². The van der Waals surface area contributed by atoms with Crippen molar-refractivity contribution in [2.75, 3.05) is 7.11 Å². The summed E-state index contributed by atoms with van der Waals surface area (Å²) in [6.45, 7) is 0. The van der Waals surface area contributed by atoms with Gasteiger partial charge in [0.05, 0.1) is 12.7 Å². The van der Waals surface area contributed by atoms with Gasteiger partial charge in [-0.1, -0.05) is 11.6 Å². The maximum atomic E-state index is 11.0. The van der Waals surface area contributed by atoms with E-state index in [1.807, 2.05) is 0 Å². The summed E-state index contributed by atoms with van der Waals surface area (Å²) in [5, 5.41) is 0.313. The van der Waals surface area contributed by atoms with Crippen molar-refractivity contribution in [3.63, 3.8) is 0 Å². The van der Waals surface area contributed by atoms with Gasteiger partial charge in [-0.05, 0) is 12.2 Å². The molecule has 0 aromatic rings. The number of hydrogen-bond acceptors (Lipinski definition) is 3. The van der Waals surface area contributed by atoms with E-state index in [0.29, 0.717) is 16.2 Å². The Morgan fingerprint density at radius 3 is 2.77 bits per heavy atom. The summed E-state index contributed by atoms with van der Waals surface area (Å²) >= 11 is 5.76. The Balaban J connectivity index is 2.97. The van der Waals surface area contributed by atoms with E-state index < -0.39 is 5.97 Å². The van der Waals surface area contributed by atoms with Crippen LogP contribution >= 0.6 is 11.6 Å². The van der Waals surface area contributed by atoms with Crippen LogP contribution in [0.5, 0.6) is 0 Å². The van der Waals surface area contributed by atoms with Crippen molar-refractivity contribution in [3.05, 3.63) is 28.3 Å². The molecule has 68 valence electrons. The van der Waals surface area contributed by atoms with E-state index in [1.54, 1.807) is 5.94 Å². The highest BCUT2D eigenvalue weighted by atomic mass is 35.5.